The Morgan fingerprint density at radius 1 is 1.04 bits per heavy atom. The molecule has 1 heterocycles. The van der Waals surface area contributed by atoms with Gasteiger partial charge in [-0.2, -0.15) is 0 Å². The third kappa shape index (κ3) is 2.28. The molecule has 28 heavy (non-hydrogen) atoms. The van der Waals surface area contributed by atoms with Crippen molar-refractivity contribution in [1.82, 2.24) is 0 Å². The van der Waals surface area contributed by atoms with Gasteiger partial charge in [0.15, 0.2) is 0 Å². The van der Waals surface area contributed by atoms with Crippen LogP contribution in [0.15, 0.2) is 12.2 Å². The van der Waals surface area contributed by atoms with Crippen molar-refractivity contribution in [2.75, 3.05) is 6.61 Å². The molecule has 1 N–H and O–H groups in total. The van der Waals surface area contributed by atoms with Crippen molar-refractivity contribution in [2.45, 2.75) is 103 Å². The molecule has 9 unspecified atom stereocenters. The molecule has 6 rings (SSSR count). The molecule has 1 aliphatic heterocycles. The highest BCUT2D eigenvalue weighted by Crippen LogP contribution is 2.72. The maximum absolute atomic E-state index is 10.1. The van der Waals surface area contributed by atoms with Crippen LogP contribution in [0.2, 0.25) is 0 Å². The highest BCUT2D eigenvalue weighted by molar-refractivity contribution is 5.25. The predicted octanol–water partition coefficient (Wildman–Crippen LogP) is 5.89. The first-order chi connectivity index (χ1) is 13.3. The number of rotatable bonds is 1. The lowest BCUT2D eigenvalue weighted by molar-refractivity contribution is -0.0931. The van der Waals surface area contributed by atoms with Crippen molar-refractivity contribution in [3.8, 4) is 0 Å². The Hall–Kier alpha value is -0.340. The van der Waals surface area contributed by atoms with E-state index in [1.807, 2.05) is 0 Å². The van der Waals surface area contributed by atoms with E-state index in [1.165, 1.54) is 77.0 Å². The third-order valence-corrected chi connectivity index (χ3v) is 11.1. The lowest BCUT2D eigenvalue weighted by Gasteiger charge is -2.61. The minimum absolute atomic E-state index is 0.118. The van der Waals surface area contributed by atoms with Crippen LogP contribution < -0.4 is 0 Å². The molecular formula is C26H40O2. The number of allylic oxidation sites excluding steroid dienone is 1. The molecule has 2 heteroatoms. The van der Waals surface area contributed by atoms with E-state index >= 15 is 0 Å². The Morgan fingerprint density at radius 3 is 2.64 bits per heavy atom. The largest absolute Gasteiger partial charge is 0.396 e. The summed E-state index contributed by atoms with van der Waals surface area (Å²) in [6.45, 7) is 10.2. The van der Waals surface area contributed by atoms with Crippen LogP contribution in [0.4, 0.5) is 0 Å². The molecule has 5 saturated carbocycles. The monoisotopic (exact) mass is 384 g/mol. The van der Waals surface area contributed by atoms with Gasteiger partial charge in [-0.05, 0) is 99.2 Å². The molecule has 6 fully saturated rings. The molecular weight excluding hydrogens is 344 g/mol. The molecule has 0 bridgehead atoms. The van der Waals surface area contributed by atoms with Crippen LogP contribution in [0.25, 0.3) is 0 Å². The smallest absolute Gasteiger partial charge is 0.0930 e. The van der Waals surface area contributed by atoms with E-state index in [0.717, 1.165) is 17.8 Å². The molecule has 5 aliphatic carbocycles. The van der Waals surface area contributed by atoms with Crippen LogP contribution in [0.3, 0.4) is 0 Å². The van der Waals surface area contributed by atoms with Crippen molar-refractivity contribution in [3.63, 3.8) is 0 Å². The zero-order chi connectivity index (χ0) is 19.4. The van der Waals surface area contributed by atoms with Gasteiger partial charge in [0.25, 0.3) is 0 Å². The maximum Gasteiger partial charge on any atom is 0.0930 e. The summed E-state index contributed by atoms with van der Waals surface area (Å²) in [5.74, 6) is 3.04. The first-order valence-electron chi connectivity index (χ1n) is 12.3. The number of ether oxygens (including phenoxy) is 1. The van der Waals surface area contributed by atoms with Crippen molar-refractivity contribution in [1.29, 1.82) is 0 Å². The lowest BCUT2D eigenvalue weighted by atomic mass is 9.44. The normalized spacial score (nSPS) is 60.0. The summed E-state index contributed by atoms with van der Waals surface area (Å²) in [6.07, 6.45) is 16.4. The van der Waals surface area contributed by atoms with Crippen LogP contribution in [0, 0.1) is 39.9 Å². The van der Waals surface area contributed by atoms with Crippen LogP contribution >= 0.6 is 0 Å². The molecule has 2 spiro atoms. The zero-order valence-electron chi connectivity index (χ0n) is 18.1. The van der Waals surface area contributed by atoms with Gasteiger partial charge in [-0.1, -0.05) is 38.3 Å². The van der Waals surface area contributed by atoms with Gasteiger partial charge in [0, 0.05) is 12.0 Å². The first kappa shape index (κ1) is 18.4. The number of hydrogen-bond donors (Lipinski definition) is 1. The number of epoxide rings is 1. The van der Waals surface area contributed by atoms with E-state index in [9.17, 15) is 5.11 Å². The molecule has 0 aromatic carbocycles. The lowest BCUT2D eigenvalue weighted by Crippen LogP contribution is -2.53. The third-order valence-electron chi connectivity index (χ3n) is 11.1. The van der Waals surface area contributed by atoms with E-state index in [1.54, 1.807) is 5.57 Å². The van der Waals surface area contributed by atoms with E-state index in [0.29, 0.717) is 34.9 Å². The Labute approximate surface area is 171 Å². The summed E-state index contributed by atoms with van der Waals surface area (Å²) in [6, 6.07) is 0. The van der Waals surface area contributed by atoms with Crippen LogP contribution in [-0.4, -0.2) is 23.4 Å². The number of aliphatic hydroxyl groups is 1. The van der Waals surface area contributed by atoms with Crippen molar-refractivity contribution >= 4 is 0 Å². The predicted molar refractivity (Wildman–Crippen MR) is 112 cm³/mol. The highest BCUT2D eigenvalue weighted by atomic mass is 16.6. The van der Waals surface area contributed by atoms with Crippen LogP contribution in [0.5, 0.6) is 0 Å². The van der Waals surface area contributed by atoms with Crippen molar-refractivity contribution in [2.24, 2.45) is 39.9 Å². The molecule has 9 atom stereocenters. The Balaban J connectivity index is 1.34. The fourth-order valence-electron chi connectivity index (χ4n) is 10.00. The van der Waals surface area contributed by atoms with E-state index in [2.05, 4.69) is 13.8 Å². The molecule has 2 nitrogen and oxygen atoms in total. The second kappa shape index (κ2) is 5.67. The summed E-state index contributed by atoms with van der Waals surface area (Å²) < 4.78 is 6.67. The molecule has 0 amide bonds. The van der Waals surface area contributed by atoms with E-state index < -0.39 is 0 Å². The SMILES string of the molecule is C=C1CC2(CCC3(CCCC3CO)C2)C2OC2(C)CC2CCCC3(C)CC1C23. The van der Waals surface area contributed by atoms with Gasteiger partial charge >= 0.3 is 0 Å². The first-order valence-corrected chi connectivity index (χ1v) is 12.3. The molecule has 6 aliphatic rings. The van der Waals surface area contributed by atoms with Crippen LogP contribution in [-0.2, 0) is 4.74 Å². The van der Waals surface area contributed by atoms with E-state index in [-0.39, 0.29) is 5.60 Å². The Morgan fingerprint density at radius 2 is 1.82 bits per heavy atom. The summed E-state index contributed by atoms with van der Waals surface area (Å²) in [4.78, 5) is 0. The standard InChI is InChI=1S/C26H40O2/c1-17-12-26(11-10-25(16-26)9-5-7-19(25)15-27)22-24(3,28-22)13-18-6-4-8-23(2)14-20(17)21(18)23/h18-22,27H,1,4-16H2,2-3H3. The number of fused-ring (bicyclic) bond motifs is 2. The Bertz CT molecular complexity index is 701. The fraction of sp³-hybridized carbons (Fsp3) is 0.923. The maximum atomic E-state index is 10.1. The minimum atomic E-state index is 0.118. The van der Waals surface area contributed by atoms with Gasteiger partial charge in [0.05, 0.1) is 11.7 Å². The zero-order valence-corrected chi connectivity index (χ0v) is 18.1. The topological polar surface area (TPSA) is 32.8 Å². The summed E-state index contributed by atoms with van der Waals surface area (Å²) in [5.41, 5.74) is 2.98. The van der Waals surface area contributed by atoms with E-state index in [4.69, 9.17) is 11.3 Å². The van der Waals surface area contributed by atoms with Gasteiger partial charge in [-0.3, -0.25) is 0 Å². The highest BCUT2D eigenvalue weighted by Gasteiger charge is 2.70. The minimum Gasteiger partial charge on any atom is -0.396 e. The molecule has 156 valence electrons. The van der Waals surface area contributed by atoms with Gasteiger partial charge in [-0.15, -0.1) is 0 Å². The van der Waals surface area contributed by atoms with Gasteiger partial charge in [0.2, 0.25) is 0 Å². The fourth-order valence-corrected chi connectivity index (χ4v) is 10.00. The number of hydrogen-bond acceptors (Lipinski definition) is 2. The average Bonchev–Trinajstić information content (AvgIpc) is 2.99. The van der Waals surface area contributed by atoms with Gasteiger partial charge in [-0.25, -0.2) is 0 Å². The summed E-state index contributed by atoms with van der Waals surface area (Å²) in [7, 11) is 0. The van der Waals surface area contributed by atoms with Crippen molar-refractivity contribution < 1.29 is 9.84 Å². The van der Waals surface area contributed by atoms with Crippen molar-refractivity contribution in [3.05, 3.63) is 12.2 Å². The molecule has 0 aromatic rings. The molecule has 1 saturated heterocycles. The molecule has 0 aromatic heterocycles. The number of aliphatic hydroxyl groups excluding tert-OH is 1. The average molecular weight is 385 g/mol. The second-order valence-electron chi connectivity index (χ2n) is 12.7. The van der Waals surface area contributed by atoms with Crippen LogP contribution in [0.1, 0.15) is 90.9 Å². The van der Waals surface area contributed by atoms with Gasteiger partial charge in [0.1, 0.15) is 0 Å². The van der Waals surface area contributed by atoms with Gasteiger partial charge < -0.3 is 9.84 Å². The molecule has 0 radical (unpaired) electrons. The quantitative estimate of drug-likeness (QED) is 0.452. The Kier molecular flexibility index (Phi) is 3.73. The summed E-state index contributed by atoms with van der Waals surface area (Å²) in [5, 5.41) is 10.1. The second-order valence-corrected chi connectivity index (χ2v) is 12.7. The summed E-state index contributed by atoms with van der Waals surface area (Å²) >= 11 is 0.